The zero-order valence-electron chi connectivity index (χ0n) is 26.3. The van der Waals surface area contributed by atoms with Crippen molar-refractivity contribution in [2.75, 3.05) is 39.6 Å². The van der Waals surface area contributed by atoms with E-state index < -0.39 is 25.1 Å². The summed E-state index contributed by atoms with van der Waals surface area (Å²) in [6, 6.07) is 32.5. The largest absolute Gasteiger partial charge is 0.537 e. The second-order valence-electron chi connectivity index (χ2n) is 9.64. The summed E-state index contributed by atoms with van der Waals surface area (Å²) in [4.78, 5) is 0. The van der Waals surface area contributed by atoms with Crippen LogP contribution in [0.5, 0.6) is 0 Å². The first-order valence-electron chi connectivity index (χ1n) is 15.3. The Hall–Kier alpha value is -2.37. The maximum Gasteiger partial charge on any atom is 0.537 e. The number of hydrogen-bond donors (Lipinski definition) is 0. The van der Waals surface area contributed by atoms with Crippen molar-refractivity contribution in [1.82, 2.24) is 0 Å². The van der Waals surface area contributed by atoms with E-state index in [2.05, 4.69) is 91.0 Å². The summed E-state index contributed by atoms with van der Waals surface area (Å²) >= 11 is 0. The summed E-state index contributed by atoms with van der Waals surface area (Å²) in [5.41, 5.74) is 2.37. The highest BCUT2D eigenvalue weighted by Gasteiger charge is 2.44. The van der Waals surface area contributed by atoms with Gasteiger partial charge >= 0.3 is 17.6 Å². The normalized spacial score (nSPS) is 12.1. The first-order chi connectivity index (χ1) is 21.0. The lowest BCUT2D eigenvalue weighted by molar-refractivity contribution is 0.0851. The predicted octanol–water partition coefficient (Wildman–Crippen LogP) is 7.51. The van der Waals surface area contributed by atoms with Crippen molar-refractivity contribution in [3.05, 3.63) is 91.0 Å². The second kappa shape index (κ2) is 16.1. The summed E-state index contributed by atoms with van der Waals surface area (Å²) in [6.07, 6.45) is 0. The van der Waals surface area contributed by atoms with Gasteiger partial charge < -0.3 is 26.6 Å². The number of rotatable bonds is 17. The van der Waals surface area contributed by atoms with Crippen LogP contribution >= 0.6 is 7.53 Å². The Morgan fingerprint density at radius 2 is 0.744 bits per heavy atom. The Labute approximate surface area is 260 Å². The van der Waals surface area contributed by atoms with E-state index in [1.54, 1.807) is 0 Å². The lowest BCUT2D eigenvalue weighted by Crippen LogP contribution is -2.56. The van der Waals surface area contributed by atoms with Crippen LogP contribution in [0.2, 0.25) is 0 Å². The van der Waals surface area contributed by atoms with Crippen LogP contribution in [-0.4, -0.2) is 57.3 Å². The fourth-order valence-electron chi connectivity index (χ4n) is 5.32. The van der Waals surface area contributed by atoms with Crippen LogP contribution in [0.3, 0.4) is 0 Å². The standard InChI is InChI=1S/C34H45O6PSi2/c1-7-35-42(36-8-2,37-9-3)31-22-18-28(19-23-31)33-26-27-34(41(33)30-16-14-13-15-17-30)29-20-24-32(25-21-29)43(38-10-4,39-11-5)40-12-6/h13-27H,7-12H2,1-6H3. The Morgan fingerprint density at radius 3 is 1.05 bits per heavy atom. The minimum atomic E-state index is -2.98. The van der Waals surface area contributed by atoms with E-state index in [0.29, 0.717) is 39.6 Å². The van der Waals surface area contributed by atoms with Gasteiger partial charge in [-0.05, 0) is 70.1 Å². The van der Waals surface area contributed by atoms with Gasteiger partial charge in [-0.1, -0.05) is 86.4 Å². The molecule has 0 aliphatic rings. The van der Waals surface area contributed by atoms with E-state index in [-0.39, 0.29) is 0 Å². The van der Waals surface area contributed by atoms with Crippen LogP contribution in [0.4, 0.5) is 0 Å². The van der Waals surface area contributed by atoms with E-state index >= 15 is 0 Å². The van der Waals surface area contributed by atoms with E-state index in [4.69, 9.17) is 26.6 Å². The Morgan fingerprint density at radius 1 is 0.419 bits per heavy atom. The molecule has 0 radical (unpaired) electrons. The van der Waals surface area contributed by atoms with Crippen molar-refractivity contribution in [3.63, 3.8) is 0 Å². The quantitative estimate of drug-likeness (QED) is 0.112. The van der Waals surface area contributed by atoms with Gasteiger partial charge in [0.15, 0.2) is 0 Å². The maximum atomic E-state index is 6.16. The molecule has 6 nitrogen and oxygen atoms in total. The molecule has 1 aromatic heterocycles. The molecule has 0 N–H and O–H groups in total. The summed E-state index contributed by atoms with van der Waals surface area (Å²) < 4.78 is 36.9. The molecule has 4 aromatic rings. The van der Waals surface area contributed by atoms with Gasteiger partial charge in [-0.2, -0.15) is 0 Å². The average Bonchev–Trinajstić information content (AvgIpc) is 3.48. The summed E-state index contributed by atoms with van der Waals surface area (Å²) in [5.74, 6) is 0. The van der Waals surface area contributed by atoms with Gasteiger partial charge in [-0.3, -0.25) is 0 Å². The van der Waals surface area contributed by atoms with Gasteiger partial charge in [-0.25, -0.2) is 0 Å². The molecular formula is C34H45O6PSi2. The van der Waals surface area contributed by atoms with Crippen molar-refractivity contribution >= 4 is 35.5 Å². The van der Waals surface area contributed by atoms with E-state index in [0.717, 1.165) is 10.4 Å². The van der Waals surface area contributed by atoms with Crippen LogP contribution < -0.4 is 10.4 Å². The molecule has 43 heavy (non-hydrogen) atoms. The Balaban J connectivity index is 1.77. The number of hydrogen-bond acceptors (Lipinski definition) is 6. The van der Waals surface area contributed by atoms with Gasteiger partial charge in [0, 0.05) is 60.6 Å². The topological polar surface area (TPSA) is 55.4 Å². The van der Waals surface area contributed by atoms with Crippen LogP contribution in [0.25, 0.3) is 27.0 Å². The third-order valence-electron chi connectivity index (χ3n) is 6.97. The first kappa shape index (κ1) is 33.5. The van der Waals surface area contributed by atoms with Crippen molar-refractivity contribution in [3.8, 4) is 27.0 Å². The maximum absolute atomic E-state index is 6.16. The van der Waals surface area contributed by atoms with E-state index in [9.17, 15) is 0 Å². The predicted molar refractivity (Wildman–Crippen MR) is 182 cm³/mol. The average molecular weight is 637 g/mol. The third-order valence-corrected chi connectivity index (χ3v) is 15.7. The summed E-state index contributed by atoms with van der Waals surface area (Å²) in [5, 5.41) is 5.90. The molecule has 1 heterocycles. The monoisotopic (exact) mass is 636 g/mol. The highest BCUT2D eigenvalue weighted by Crippen LogP contribution is 2.56. The molecule has 4 rings (SSSR count). The van der Waals surface area contributed by atoms with Crippen LogP contribution in [0.1, 0.15) is 41.5 Å². The molecule has 0 saturated heterocycles. The zero-order valence-corrected chi connectivity index (χ0v) is 29.2. The summed E-state index contributed by atoms with van der Waals surface area (Å²) in [6.45, 7) is 15.1. The lowest BCUT2D eigenvalue weighted by Gasteiger charge is -2.28. The molecule has 0 saturated carbocycles. The van der Waals surface area contributed by atoms with Crippen LogP contribution in [0.15, 0.2) is 91.0 Å². The fourth-order valence-corrected chi connectivity index (χ4v) is 12.8. The molecule has 0 aliphatic heterocycles. The van der Waals surface area contributed by atoms with E-state index in [1.165, 1.54) is 27.0 Å². The van der Waals surface area contributed by atoms with Crippen molar-refractivity contribution in [1.29, 1.82) is 0 Å². The molecule has 0 atom stereocenters. The third kappa shape index (κ3) is 7.48. The first-order valence-corrected chi connectivity index (χ1v) is 20.1. The second-order valence-corrected chi connectivity index (χ2v) is 16.9. The molecule has 0 aliphatic carbocycles. The summed E-state index contributed by atoms with van der Waals surface area (Å²) in [7, 11) is -6.73. The van der Waals surface area contributed by atoms with Crippen LogP contribution in [-0.2, 0) is 26.6 Å². The fraction of sp³-hybridized carbons (Fsp3) is 0.353. The highest BCUT2D eigenvalue weighted by molar-refractivity contribution is 7.63. The lowest BCUT2D eigenvalue weighted by atomic mass is 10.1. The van der Waals surface area contributed by atoms with Crippen LogP contribution in [0, 0.1) is 0 Å². The highest BCUT2D eigenvalue weighted by atomic mass is 31.1. The smallest absolute Gasteiger partial charge is 0.370 e. The Bertz CT molecular complexity index is 1270. The molecular weight excluding hydrogens is 592 g/mol. The molecule has 0 spiro atoms. The molecule has 0 fully saturated rings. The van der Waals surface area contributed by atoms with Gasteiger partial charge in [0.25, 0.3) is 0 Å². The molecule has 3 aromatic carbocycles. The van der Waals surface area contributed by atoms with Gasteiger partial charge in [0.2, 0.25) is 0 Å². The van der Waals surface area contributed by atoms with Gasteiger partial charge in [0.1, 0.15) is 0 Å². The Kier molecular flexibility index (Phi) is 12.5. The molecule has 0 bridgehead atoms. The minimum absolute atomic E-state index is 0.536. The molecule has 0 unspecified atom stereocenters. The van der Waals surface area contributed by atoms with Gasteiger partial charge in [-0.15, -0.1) is 0 Å². The zero-order chi connectivity index (χ0) is 30.7. The van der Waals surface area contributed by atoms with Crippen molar-refractivity contribution < 1.29 is 26.6 Å². The molecule has 230 valence electrons. The van der Waals surface area contributed by atoms with Crippen molar-refractivity contribution in [2.24, 2.45) is 0 Å². The number of benzene rings is 3. The SMILES string of the molecule is CCO[Si](OCC)(OCC)c1ccc(-c2ccc(-c3ccc([Si](OCC)(OCC)OCC)cc3)p2-c2ccccc2)cc1. The molecule has 0 amide bonds. The van der Waals surface area contributed by atoms with Gasteiger partial charge in [0.05, 0.1) is 0 Å². The van der Waals surface area contributed by atoms with E-state index in [1.807, 2.05) is 41.5 Å². The minimum Gasteiger partial charge on any atom is -0.370 e. The van der Waals surface area contributed by atoms with Crippen molar-refractivity contribution in [2.45, 2.75) is 41.5 Å². The molecule has 9 heteroatoms.